The minimum absolute atomic E-state index is 0.000113. The lowest BCUT2D eigenvalue weighted by Gasteiger charge is -2.31. The molecule has 2 rings (SSSR count). The third-order valence-electron chi connectivity index (χ3n) is 3.89. The smallest absolute Gasteiger partial charge is 0.247 e. The van der Waals surface area contributed by atoms with Crippen molar-refractivity contribution in [1.29, 1.82) is 0 Å². The van der Waals surface area contributed by atoms with Gasteiger partial charge in [-0.05, 0) is 18.6 Å². The number of sulfonamides is 2. The number of hydrogen-bond donors (Lipinski definition) is 2. The van der Waals surface area contributed by atoms with Crippen molar-refractivity contribution in [3.05, 3.63) is 18.2 Å². The Morgan fingerprint density at radius 1 is 1.37 bits per heavy atom. The lowest BCUT2D eigenvalue weighted by molar-refractivity contribution is -0.132. The molecular formula is C15H23N3O7S2. The SMILES string of the molecule is CCCS(=O)(=O)Nc1cc(OC)ccc1S(=O)(=O)N1CCO[C@@H](C(N)=O)C1. The Morgan fingerprint density at radius 2 is 2.07 bits per heavy atom. The summed E-state index contributed by atoms with van der Waals surface area (Å²) in [4.78, 5) is 11.1. The molecule has 1 aliphatic heterocycles. The minimum atomic E-state index is -4.11. The second-order valence-electron chi connectivity index (χ2n) is 5.91. The minimum Gasteiger partial charge on any atom is -0.497 e. The molecule has 1 heterocycles. The van der Waals surface area contributed by atoms with E-state index in [2.05, 4.69) is 4.72 Å². The van der Waals surface area contributed by atoms with E-state index in [1.165, 1.54) is 25.3 Å². The Kier molecular flexibility index (Phi) is 6.68. The van der Waals surface area contributed by atoms with E-state index < -0.39 is 32.1 Å². The summed E-state index contributed by atoms with van der Waals surface area (Å²) in [7, 11) is -6.46. The predicted molar refractivity (Wildman–Crippen MR) is 98.4 cm³/mol. The number of benzene rings is 1. The molecule has 0 radical (unpaired) electrons. The van der Waals surface area contributed by atoms with Gasteiger partial charge in [0.2, 0.25) is 26.0 Å². The molecule has 0 aromatic heterocycles. The van der Waals surface area contributed by atoms with Gasteiger partial charge in [0.05, 0.1) is 25.2 Å². The van der Waals surface area contributed by atoms with E-state index in [9.17, 15) is 21.6 Å². The fraction of sp³-hybridized carbons (Fsp3) is 0.533. The molecule has 1 aromatic rings. The van der Waals surface area contributed by atoms with E-state index in [-0.39, 0.29) is 36.0 Å². The number of carbonyl (C=O) groups excluding carboxylic acids is 1. The van der Waals surface area contributed by atoms with E-state index >= 15 is 0 Å². The van der Waals surface area contributed by atoms with Crippen LogP contribution in [-0.2, 0) is 29.6 Å². The Bertz CT molecular complexity index is 900. The Morgan fingerprint density at radius 3 is 2.67 bits per heavy atom. The van der Waals surface area contributed by atoms with Gasteiger partial charge in [0, 0.05) is 19.2 Å². The van der Waals surface area contributed by atoms with Crippen molar-refractivity contribution in [3.8, 4) is 5.75 Å². The molecule has 0 saturated carbocycles. The monoisotopic (exact) mass is 421 g/mol. The molecule has 1 fully saturated rings. The van der Waals surface area contributed by atoms with Gasteiger partial charge < -0.3 is 15.2 Å². The van der Waals surface area contributed by atoms with Crippen LogP contribution in [0.25, 0.3) is 0 Å². The van der Waals surface area contributed by atoms with Gasteiger partial charge in [-0.2, -0.15) is 4.31 Å². The van der Waals surface area contributed by atoms with Crippen LogP contribution in [0.3, 0.4) is 0 Å². The summed E-state index contributed by atoms with van der Waals surface area (Å²) < 4.78 is 64.0. The number of nitrogens with two attached hydrogens (primary N) is 1. The normalized spacial score (nSPS) is 18.8. The van der Waals surface area contributed by atoms with Crippen molar-refractivity contribution >= 4 is 31.6 Å². The summed E-state index contributed by atoms with van der Waals surface area (Å²) in [5.41, 5.74) is 5.08. The number of rotatable bonds is 8. The van der Waals surface area contributed by atoms with E-state index in [1.54, 1.807) is 6.92 Å². The van der Waals surface area contributed by atoms with Crippen molar-refractivity contribution in [2.45, 2.75) is 24.3 Å². The van der Waals surface area contributed by atoms with E-state index in [1.807, 2.05) is 0 Å². The Balaban J connectivity index is 2.45. The molecule has 10 nitrogen and oxygen atoms in total. The summed E-state index contributed by atoms with van der Waals surface area (Å²) in [6, 6.07) is 3.97. The predicted octanol–water partition coefficient (Wildman–Crippen LogP) is -0.278. The first-order chi connectivity index (χ1) is 12.6. The van der Waals surface area contributed by atoms with Gasteiger partial charge in [-0.25, -0.2) is 16.8 Å². The number of ether oxygens (including phenoxy) is 2. The van der Waals surface area contributed by atoms with Crippen LogP contribution in [0, 0.1) is 0 Å². The second kappa shape index (κ2) is 8.42. The van der Waals surface area contributed by atoms with Crippen LogP contribution in [0.5, 0.6) is 5.75 Å². The van der Waals surface area contributed by atoms with Gasteiger partial charge in [0.25, 0.3) is 0 Å². The number of nitrogens with zero attached hydrogens (tertiary/aromatic N) is 1. The molecule has 0 spiro atoms. The van der Waals surface area contributed by atoms with Crippen molar-refractivity contribution in [1.82, 2.24) is 4.31 Å². The number of morpholine rings is 1. The summed E-state index contributed by atoms with van der Waals surface area (Å²) in [6.07, 6.45) is -0.697. The molecule has 3 N–H and O–H groups in total. The van der Waals surface area contributed by atoms with Gasteiger partial charge in [0.15, 0.2) is 0 Å². The Labute approximate surface area is 158 Å². The highest BCUT2D eigenvalue weighted by Crippen LogP contribution is 2.30. The average Bonchev–Trinajstić information content (AvgIpc) is 2.61. The lowest BCUT2D eigenvalue weighted by atomic mass is 10.3. The molecule has 0 unspecified atom stereocenters. The van der Waals surface area contributed by atoms with Crippen LogP contribution in [0.1, 0.15) is 13.3 Å². The maximum atomic E-state index is 13.1. The standard InChI is InChI=1S/C15H23N3O7S2/c1-3-8-26(20,21)17-12-9-11(24-2)4-5-14(12)27(22,23)18-6-7-25-13(10-18)15(16)19/h4-5,9,13,17H,3,6-8,10H2,1-2H3,(H2,16,19)/t13-/m1/s1. The lowest BCUT2D eigenvalue weighted by Crippen LogP contribution is -2.50. The van der Waals surface area contributed by atoms with Crippen LogP contribution in [-0.4, -0.2) is 65.7 Å². The topological polar surface area (TPSA) is 145 Å². The number of primary amides is 1. The quantitative estimate of drug-likeness (QED) is 0.587. The maximum absolute atomic E-state index is 13.1. The van der Waals surface area contributed by atoms with Gasteiger partial charge >= 0.3 is 0 Å². The highest BCUT2D eigenvalue weighted by atomic mass is 32.2. The maximum Gasteiger partial charge on any atom is 0.247 e. The third kappa shape index (κ3) is 5.09. The molecule has 1 atom stereocenters. The highest BCUT2D eigenvalue weighted by Gasteiger charge is 2.35. The molecule has 152 valence electrons. The van der Waals surface area contributed by atoms with E-state index in [0.29, 0.717) is 12.2 Å². The van der Waals surface area contributed by atoms with E-state index in [0.717, 1.165) is 4.31 Å². The van der Waals surface area contributed by atoms with Crippen molar-refractivity contribution in [3.63, 3.8) is 0 Å². The average molecular weight is 421 g/mol. The number of carbonyl (C=O) groups is 1. The fourth-order valence-corrected chi connectivity index (χ4v) is 5.34. The number of anilines is 1. The van der Waals surface area contributed by atoms with Crippen molar-refractivity contribution in [2.24, 2.45) is 5.73 Å². The first-order valence-electron chi connectivity index (χ1n) is 8.20. The zero-order valence-electron chi connectivity index (χ0n) is 15.0. The second-order valence-corrected chi connectivity index (χ2v) is 9.66. The number of hydrogen-bond acceptors (Lipinski definition) is 7. The molecule has 1 amide bonds. The van der Waals surface area contributed by atoms with Crippen LogP contribution in [0.4, 0.5) is 5.69 Å². The molecule has 1 aromatic carbocycles. The first kappa shape index (κ1) is 21.4. The summed E-state index contributed by atoms with van der Waals surface area (Å²) in [5.74, 6) is -0.640. The van der Waals surface area contributed by atoms with Crippen LogP contribution in [0.15, 0.2) is 23.1 Å². The molecule has 1 saturated heterocycles. The van der Waals surface area contributed by atoms with E-state index in [4.69, 9.17) is 15.2 Å². The third-order valence-corrected chi connectivity index (χ3v) is 7.29. The zero-order chi connectivity index (χ0) is 20.2. The molecule has 1 aliphatic rings. The van der Waals surface area contributed by atoms with Gasteiger partial charge in [-0.3, -0.25) is 9.52 Å². The molecule has 12 heteroatoms. The van der Waals surface area contributed by atoms with Crippen LogP contribution >= 0.6 is 0 Å². The Hall–Kier alpha value is -1.89. The van der Waals surface area contributed by atoms with Crippen molar-refractivity contribution < 1.29 is 31.1 Å². The zero-order valence-corrected chi connectivity index (χ0v) is 16.7. The van der Waals surface area contributed by atoms with Gasteiger partial charge in [0.1, 0.15) is 16.7 Å². The number of nitrogens with one attached hydrogen (secondary N) is 1. The summed E-state index contributed by atoms with van der Waals surface area (Å²) in [6.45, 7) is 1.46. The summed E-state index contributed by atoms with van der Waals surface area (Å²) in [5, 5.41) is 0. The first-order valence-corrected chi connectivity index (χ1v) is 11.3. The molecule has 0 bridgehead atoms. The number of methoxy groups -OCH3 is 1. The van der Waals surface area contributed by atoms with Crippen LogP contribution < -0.4 is 15.2 Å². The van der Waals surface area contributed by atoms with Crippen molar-refractivity contribution in [2.75, 3.05) is 37.3 Å². The van der Waals surface area contributed by atoms with Gasteiger partial charge in [-0.15, -0.1) is 0 Å². The fourth-order valence-electron chi connectivity index (χ4n) is 2.58. The molecule has 0 aliphatic carbocycles. The molecule has 27 heavy (non-hydrogen) atoms. The van der Waals surface area contributed by atoms with Crippen LogP contribution in [0.2, 0.25) is 0 Å². The summed E-state index contributed by atoms with van der Waals surface area (Å²) >= 11 is 0. The molecular weight excluding hydrogens is 398 g/mol. The number of amides is 1. The largest absolute Gasteiger partial charge is 0.497 e. The van der Waals surface area contributed by atoms with Gasteiger partial charge in [-0.1, -0.05) is 6.92 Å². The highest BCUT2D eigenvalue weighted by molar-refractivity contribution is 7.93.